The van der Waals surface area contributed by atoms with Crippen LogP contribution in [0.4, 0.5) is 4.39 Å². The number of rotatable bonds is 4. The third-order valence-corrected chi connectivity index (χ3v) is 2.58. The van der Waals surface area contributed by atoms with Crippen LogP contribution >= 0.6 is 0 Å². The maximum atomic E-state index is 12.7. The zero-order valence-corrected chi connectivity index (χ0v) is 10.1. The highest BCUT2D eigenvalue weighted by molar-refractivity contribution is 5.93. The molecule has 0 unspecified atom stereocenters. The summed E-state index contributed by atoms with van der Waals surface area (Å²) in [7, 11) is 0. The van der Waals surface area contributed by atoms with Crippen molar-refractivity contribution in [2.45, 2.75) is 6.42 Å². The smallest absolute Gasteiger partial charge is 0.335 e. The van der Waals surface area contributed by atoms with Gasteiger partial charge in [0.2, 0.25) is 0 Å². The summed E-state index contributed by atoms with van der Waals surface area (Å²) in [6, 6.07) is 8.69. The fourth-order valence-corrected chi connectivity index (χ4v) is 1.56. The molecule has 2 rings (SSSR count). The number of hydrogen-bond acceptors (Lipinski definition) is 3. The summed E-state index contributed by atoms with van der Waals surface area (Å²) in [5.41, 5.74) is 0.725. The lowest BCUT2D eigenvalue weighted by Crippen LogP contribution is -2.25. The number of carbonyl (C=O) groups excluding carboxylic acids is 1. The summed E-state index contributed by atoms with van der Waals surface area (Å²) in [4.78, 5) is 22.4. The number of amides is 1. The van der Waals surface area contributed by atoms with Crippen molar-refractivity contribution in [2.24, 2.45) is 0 Å². The van der Waals surface area contributed by atoms with Gasteiger partial charge in [0, 0.05) is 12.6 Å². The molecule has 0 atom stereocenters. The second-order valence-corrected chi connectivity index (χ2v) is 3.98. The average molecular weight is 261 g/mol. The van der Waals surface area contributed by atoms with Crippen LogP contribution in [0.3, 0.4) is 0 Å². The van der Waals surface area contributed by atoms with E-state index in [-0.39, 0.29) is 11.7 Å². The summed E-state index contributed by atoms with van der Waals surface area (Å²) in [5.74, 6) is -0.599. The van der Waals surface area contributed by atoms with Crippen molar-refractivity contribution in [1.29, 1.82) is 0 Å². The van der Waals surface area contributed by atoms with Crippen molar-refractivity contribution in [2.75, 3.05) is 6.54 Å². The van der Waals surface area contributed by atoms with Gasteiger partial charge < -0.3 is 9.73 Å². The van der Waals surface area contributed by atoms with Crippen molar-refractivity contribution in [3.8, 4) is 0 Å². The Morgan fingerprint density at radius 2 is 1.89 bits per heavy atom. The van der Waals surface area contributed by atoms with E-state index < -0.39 is 5.63 Å². The summed E-state index contributed by atoms with van der Waals surface area (Å²) >= 11 is 0. The Balaban J connectivity index is 1.85. The van der Waals surface area contributed by atoms with E-state index in [1.54, 1.807) is 12.1 Å². The maximum Gasteiger partial charge on any atom is 0.335 e. The molecule has 0 spiro atoms. The molecule has 0 fully saturated rings. The number of halogens is 1. The molecule has 1 amide bonds. The third-order valence-electron chi connectivity index (χ3n) is 2.58. The first-order valence-corrected chi connectivity index (χ1v) is 5.76. The molecule has 0 aliphatic rings. The molecule has 0 aliphatic heterocycles. The van der Waals surface area contributed by atoms with Gasteiger partial charge in [0.25, 0.3) is 5.91 Å². The molecule has 0 saturated carbocycles. The van der Waals surface area contributed by atoms with Crippen molar-refractivity contribution in [3.63, 3.8) is 0 Å². The van der Waals surface area contributed by atoms with Crippen LogP contribution in [0.25, 0.3) is 0 Å². The topological polar surface area (TPSA) is 59.3 Å². The zero-order valence-electron chi connectivity index (χ0n) is 10.1. The molecule has 4 nitrogen and oxygen atoms in total. The Hall–Kier alpha value is -2.43. The van der Waals surface area contributed by atoms with Crippen LogP contribution < -0.4 is 10.9 Å². The van der Waals surface area contributed by atoms with Crippen LogP contribution in [0.5, 0.6) is 0 Å². The normalized spacial score (nSPS) is 10.2. The van der Waals surface area contributed by atoms with Gasteiger partial charge in [0.05, 0.1) is 5.56 Å². The predicted octanol–water partition coefficient (Wildman–Crippen LogP) is 1.75. The fourth-order valence-electron chi connectivity index (χ4n) is 1.56. The SMILES string of the molecule is O=C(NCCc1ccc(F)cc1)c1ccc(=O)oc1. The zero-order chi connectivity index (χ0) is 13.7. The molecule has 19 heavy (non-hydrogen) atoms. The van der Waals surface area contributed by atoms with Crippen LogP contribution in [0.2, 0.25) is 0 Å². The first kappa shape index (κ1) is 13.0. The number of hydrogen-bond donors (Lipinski definition) is 1. The quantitative estimate of drug-likeness (QED) is 0.912. The molecule has 0 radical (unpaired) electrons. The minimum absolute atomic E-state index is 0.285. The standard InChI is InChI=1S/C14H12FNO3/c15-12-4-1-10(2-5-12)7-8-16-14(18)11-3-6-13(17)19-9-11/h1-6,9H,7-8H2,(H,16,18). The van der Waals surface area contributed by atoms with Gasteiger partial charge in [-0.15, -0.1) is 0 Å². The fraction of sp³-hybridized carbons (Fsp3) is 0.143. The first-order valence-electron chi connectivity index (χ1n) is 5.76. The van der Waals surface area contributed by atoms with Gasteiger partial charge in [-0.25, -0.2) is 9.18 Å². The summed E-state index contributed by atoms with van der Waals surface area (Å²) in [6.45, 7) is 0.420. The van der Waals surface area contributed by atoms with Crippen molar-refractivity contribution < 1.29 is 13.6 Å². The molecular weight excluding hydrogens is 249 g/mol. The molecule has 1 aromatic heterocycles. The lowest BCUT2D eigenvalue weighted by atomic mass is 10.1. The molecule has 2 aromatic rings. The van der Waals surface area contributed by atoms with E-state index in [1.165, 1.54) is 24.3 Å². The summed E-state index contributed by atoms with van der Waals surface area (Å²) in [5, 5.41) is 2.69. The van der Waals surface area contributed by atoms with E-state index in [0.717, 1.165) is 11.8 Å². The van der Waals surface area contributed by atoms with Crippen molar-refractivity contribution in [3.05, 3.63) is 70.0 Å². The van der Waals surface area contributed by atoms with E-state index in [4.69, 9.17) is 0 Å². The highest BCUT2D eigenvalue weighted by Crippen LogP contribution is 2.03. The Labute approximate surface area is 108 Å². The minimum Gasteiger partial charge on any atom is -0.430 e. The molecule has 0 saturated heterocycles. The Morgan fingerprint density at radius 1 is 1.16 bits per heavy atom. The molecule has 0 aliphatic carbocycles. The molecule has 0 bridgehead atoms. The molecule has 98 valence electrons. The second kappa shape index (κ2) is 5.95. The van der Waals surface area contributed by atoms with Crippen LogP contribution in [-0.4, -0.2) is 12.5 Å². The van der Waals surface area contributed by atoms with E-state index in [9.17, 15) is 14.0 Å². The minimum atomic E-state index is -0.497. The van der Waals surface area contributed by atoms with Crippen molar-refractivity contribution in [1.82, 2.24) is 5.32 Å². The first-order chi connectivity index (χ1) is 9.15. The number of benzene rings is 1. The predicted molar refractivity (Wildman–Crippen MR) is 67.4 cm³/mol. The Bertz CT molecular complexity index is 599. The van der Waals surface area contributed by atoms with Crippen LogP contribution in [0.1, 0.15) is 15.9 Å². The number of nitrogens with one attached hydrogen (secondary N) is 1. The molecular formula is C14H12FNO3. The van der Waals surface area contributed by atoms with Gasteiger partial charge in [0.1, 0.15) is 12.1 Å². The molecule has 1 N–H and O–H groups in total. The lowest BCUT2D eigenvalue weighted by Gasteiger charge is -2.04. The Kier molecular flexibility index (Phi) is 4.07. The third kappa shape index (κ3) is 3.77. The summed E-state index contributed by atoms with van der Waals surface area (Å²) in [6.07, 6.45) is 1.72. The van der Waals surface area contributed by atoms with Crippen LogP contribution in [0.15, 0.2) is 51.9 Å². The highest BCUT2D eigenvalue weighted by Gasteiger charge is 2.05. The number of carbonyl (C=O) groups is 1. The van der Waals surface area contributed by atoms with Gasteiger partial charge in [-0.3, -0.25) is 4.79 Å². The van der Waals surface area contributed by atoms with E-state index in [0.29, 0.717) is 18.5 Å². The summed E-state index contributed by atoms with van der Waals surface area (Å²) < 4.78 is 17.3. The highest BCUT2D eigenvalue weighted by atomic mass is 19.1. The van der Waals surface area contributed by atoms with Crippen LogP contribution in [-0.2, 0) is 6.42 Å². The van der Waals surface area contributed by atoms with E-state index in [2.05, 4.69) is 9.73 Å². The Morgan fingerprint density at radius 3 is 2.53 bits per heavy atom. The van der Waals surface area contributed by atoms with E-state index in [1.807, 2.05) is 0 Å². The van der Waals surface area contributed by atoms with Gasteiger partial charge in [-0.1, -0.05) is 12.1 Å². The van der Waals surface area contributed by atoms with Gasteiger partial charge >= 0.3 is 5.63 Å². The van der Waals surface area contributed by atoms with Gasteiger partial charge in [0.15, 0.2) is 0 Å². The molecule has 1 aromatic carbocycles. The monoisotopic (exact) mass is 261 g/mol. The van der Waals surface area contributed by atoms with Crippen LogP contribution in [0, 0.1) is 5.82 Å². The molecule has 1 heterocycles. The lowest BCUT2D eigenvalue weighted by molar-refractivity contribution is 0.0951. The largest absolute Gasteiger partial charge is 0.430 e. The van der Waals surface area contributed by atoms with Gasteiger partial charge in [-0.05, 0) is 30.2 Å². The van der Waals surface area contributed by atoms with E-state index >= 15 is 0 Å². The maximum absolute atomic E-state index is 12.7. The second-order valence-electron chi connectivity index (χ2n) is 3.98. The average Bonchev–Trinajstić information content (AvgIpc) is 2.41. The molecule has 5 heteroatoms. The van der Waals surface area contributed by atoms with Crippen molar-refractivity contribution >= 4 is 5.91 Å². The van der Waals surface area contributed by atoms with Gasteiger partial charge in [-0.2, -0.15) is 0 Å².